The fourth-order valence-corrected chi connectivity index (χ4v) is 3.25. The Bertz CT molecular complexity index is 400. The zero-order chi connectivity index (χ0) is 11.8. The average molecular weight is 250 g/mol. The minimum absolute atomic E-state index is 0.0740. The molecule has 92 valence electrons. The smallest absolute Gasteiger partial charge is 0.240 e. The lowest BCUT2D eigenvalue weighted by Crippen LogP contribution is -2.40. The maximum absolute atomic E-state index is 12.3. The van der Waals surface area contributed by atoms with Gasteiger partial charge in [-0.1, -0.05) is 6.07 Å². The molecule has 1 saturated heterocycles. The summed E-state index contributed by atoms with van der Waals surface area (Å²) >= 11 is 1.73. The van der Waals surface area contributed by atoms with Crippen LogP contribution in [0.15, 0.2) is 17.5 Å². The highest BCUT2D eigenvalue weighted by atomic mass is 32.1. The first-order chi connectivity index (χ1) is 8.25. The van der Waals surface area contributed by atoms with Crippen LogP contribution in [0.25, 0.3) is 0 Å². The van der Waals surface area contributed by atoms with Gasteiger partial charge in [0.25, 0.3) is 0 Å². The van der Waals surface area contributed by atoms with Crippen molar-refractivity contribution in [2.24, 2.45) is 0 Å². The first-order valence-corrected chi connectivity index (χ1v) is 7.23. The summed E-state index contributed by atoms with van der Waals surface area (Å²) in [5.74, 6) is 0.290. The molecule has 3 nitrogen and oxygen atoms in total. The summed E-state index contributed by atoms with van der Waals surface area (Å²) < 4.78 is 0. The number of nitrogens with one attached hydrogen (secondary N) is 1. The van der Waals surface area contributed by atoms with Gasteiger partial charge in [0.05, 0.1) is 12.1 Å². The van der Waals surface area contributed by atoms with E-state index < -0.39 is 0 Å². The summed E-state index contributed by atoms with van der Waals surface area (Å²) in [5.41, 5.74) is 0. The van der Waals surface area contributed by atoms with Crippen molar-refractivity contribution in [1.29, 1.82) is 0 Å². The molecule has 0 bridgehead atoms. The SMILES string of the molecule is CC(c1cccs1)N1CCC(NC2CC2)C1=O. The molecule has 1 aromatic heterocycles. The predicted molar refractivity (Wildman–Crippen MR) is 69.0 cm³/mol. The molecule has 2 atom stereocenters. The Balaban J connectivity index is 1.66. The maximum Gasteiger partial charge on any atom is 0.240 e. The van der Waals surface area contributed by atoms with Crippen LogP contribution in [-0.4, -0.2) is 29.4 Å². The Hall–Kier alpha value is -0.870. The topological polar surface area (TPSA) is 32.3 Å². The summed E-state index contributed by atoms with van der Waals surface area (Å²) in [6.45, 7) is 3.02. The number of amides is 1. The second-order valence-electron chi connectivity index (χ2n) is 5.01. The van der Waals surface area contributed by atoms with Gasteiger partial charge in [0, 0.05) is 17.5 Å². The van der Waals surface area contributed by atoms with Crippen molar-refractivity contribution < 1.29 is 4.79 Å². The van der Waals surface area contributed by atoms with E-state index in [1.807, 2.05) is 4.90 Å². The molecule has 1 N–H and O–H groups in total. The number of nitrogens with zero attached hydrogens (tertiary/aromatic N) is 1. The molecule has 1 aromatic rings. The zero-order valence-electron chi connectivity index (χ0n) is 10.1. The molecule has 1 saturated carbocycles. The van der Waals surface area contributed by atoms with E-state index >= 15 is 0 Å². The van der Waals surface area contributed by atoms with Crippen LogP contribution in [0.1, 0.15) is 37.1 Å². The number of carbonyl (C=O) groups is 1. The molecule has 2 unspecified atom stereocenters. The Morgan fingerprint density at radius 1 is 1.47 bits per heavy atom. The molecule has 2 fully saturated rings. The molecular formula is C13H18N2OS. The molecule has 0 aromatic carbocycles. The number of likely N-dealkylation sites (tertiary alicyclic amines) is 1. The van der Waals surface area contributed by atoms with Crippen LogP contribution in [-0.2, 0) is 4.79 Å². The van der Waals surface area contributed by atoms with Crippen LogP contribution >= 0.6 is 11.3 Å². The largest absolute Gasteiger partial charge is 0.334 e. The fourth-order valence-electron chi connectivity index (χ4n) is 2.46. The third kappa shape index (κ3) is 2.24. The van der Waals surface area contributed by atoms with Gasteiger partial charge in [-0.3, -0.25) is 4.79 Å². The lowest BCUT2D eigenvalue weighted by atomic mass is 10.2. The minimum Gasteiger partial charge on any atom is -0.334 e. The molecule has 0 radical (unpaired) electrons. The number of rotatable bonds is 4. The number of thiophene rings is 1. The zero-order valence-corrected chi connectivity index (χ0v) is 10.9. The minimum atomic E-state index is 0.0740. The van der Waals surface area contributed by atoms with E-state index in [9.17, 15) is 4.79 Å². The van der Waals surface area contributed by atoms with Crippen LogP contribution in [0.2, 0.25) is 0 Å². The predicted octanol–water partition coefficient (Wildman–Crippen LogP) is 2.16. The van der Waals surface area contributed by atoms with E-state index in [0.717, 1.165) is 13.0 Å². The van der Waals surface area contributed by atoms with Crippen molar-refractivity contribution in [3.05, 3.63) is 22.4 Å². The van der Waals surface area contributed by atoms with Crippen molar-refractivity contribution in [2.75, 3.05) is 6.54 Å². The van der Waals surface area contributed by atoms with Crippen molar-refractivity contribution >= 4 is 17.2 Å². The van der Waals surface area contributed by atoms with Crippen molar-refractivity contribution in [3.63, 3.8) is 0 Å². The van der Waals surface area contributed by atoms with Crippen molar-refractivity contribution in [3.8, 4) is 0 Å². The van der Waals surface area contributed by atoms with Gasteiger partial charge in [-0.2, -0.15) is 0 Å². The summed E-state index contributed by atoms with van der Waals surface area (Å²) in [7, 11) is 0. The van der Waals surface area contributed by atoms with E-state index in [1.165, 1.54) is 17.7 Å². The van der Waals surface area contributed by atoms with Crippen LogP contribution in [0.5, 0.6) is 0 Å². The third-order valence-corrected chi connectivity index (χ3v) is 4.72. The van der Waals surface area contributed by atoms with Crippen LogP contribution < -0.4 is 5.32 Å². The highest BCUT2D eigenvalue weighted by molar-refractivity contribution is 7.10. The maximum atomic E-state index is 12.3. The summed E-state index contributed by atoms with van der Waals surface area (Å²) in [6, 6.07) is 5.08. The average Bonchev–Trinajstić information content (AvgIpc) is 2.85. The first-order valence-electron chi connectivity index (χ1n) is 6.35. The highest BCUT2D eigenvalue weighted by Crippen LogP contribution is 2.30. The molecule has 3 rings (SSSR count). The molecule has 17 heavy (non-hydrogen) atoms. The quantitative estimate of drug-likeness (QED) is 0.888. The van der Waals surface area contributed by atoms with Gasteiger partial charge in [-0.15, -0.1) is 11.3 Å². The number of hydrogen-bond donors (Lipinski definition) is 1. The molecule has 1 aliphatic heterocycles. The Morgan fingerprint density at radius 2 is 2.29 bits per heavy atom. The molecule has 2 aliphatic rings. The Kier molecular flexibility index (Phi) is 2.92. The highest BCUT2D eigenvalue weighted by Gasteiger charge is 2.37. The summed E-state index contributed by atoms with van der Waals surface area (Å²) in [5, 5.41) is 5.52. The van der Waals surface area contributed by atoms with Gasteiger partial charge < -0.3 is 10.2 Å². The van der Waals surface area contributed by atoms with E-state index in [-0.39, 0.29) is 18.0 Å². The Labute approximate surface area is 106 Å². The molecule has 1 amide bonds. The van der Waals surface area contributed by atoms with Gasteiger partial charge in [-0.25, -0.2) is 0 Å². The Morgan fingerprint density at radius 3 is 2.94 bits per heavy atom. The second-order valence-corrected chi connectivity index (χ2v) is 5.98. The van der Waals surface area contributed by atoms with Crippen molar-refractivity contribution in [1.82, 2.24) is 10.2 Å². The van der Waals surface area contributed by atoms with E-state index in [4.69, 9.17) is 0 Å². The standard InChI is InChI=1S/C13H18N2OS/c1-9(12-3-2-8-17-12)15-7-6-11(13(15)16)14-10-4-5-10/h2-3,8-11,14H,4-7H2,1H3. The van der Waals surface area contributed by atoms with Crippen LogP contribution in [0.4, 0.5) is 0 Å². The van der Waals surface area contributed by atoms with Crippen LogP contribution in [0.3, 0.4) is 0 Å². The lowest BCUT2D eigenvalue weighted by molar-refractivity contribution is -0.131. The van der Waals surface area contributed by atoms with Gasteiger partial charge in [-0.05, 0) is 37.6 Å². The molecule has 2 heterocycles. The first kappa shape index (κ1) is 11.2. The summed E-state index contributed by atoms with van der Waals surface area (Å²) in [4.78, 5) is 15.6. The lowest BCUT2D eigenvalue weighted by Gasteiger charge is -2.24. The third-order valence-electron chi connectivity index (χ3n) is 3.68. The second kappa shape index (κ2) is 4.42. The van der Waals surface area contributed by atoms with E-state index in [0.29, 0.717) is 6.04 Å². The fraction of sp³-hybridized carbons (Fsp3) is 0.615. The van der Waals surface area contributed by atoms with Crippen LogP contribution in [0, 0.1) is 0 Å². The van der Waals surface area contributed by atoms with E-state index in [2.05, 4.69) is 29.8 Å². The van der Waals surface area contributed by atoms with Crippen molar-refractivity contribution in [2.45, 2.75) is 44.3 Å². The molecule has 0 spiro atoms. The van der Waals surface area contributed by atoms with E-state index in [1.54, 1.807) is 11.3 Å². The monoisotopic (exact) mass is 250 g/mol. The van der Waals surface area contributed by atoms with Gasteiger partial charge >= 0.3 is 0 Å². The van der Waals surface area contributed by atoms with Gasteiger partial charge in [0.2, 0.25) is 5.91 Å². The number of hydrogen-bond acceptors (Lipinski definition) is 3. The van der Waals surface area contributed by atoms with Gasteiger partial charge in [0.1, 0.15) is 0 Å². The molecular weight excluding hydrogens is 232 g/mol. The normalized spacial score (nSPS) is 26.5. The summed E-state index contributed by atoms with van der Waals surface area (Å²) in [6.07, 6.45) is 3.44. The molecule has 4 heteroatoms. The molecule has 1 aliphatic carbocycles. The number of carbonyl (C=O) groups excluding carboxylic acids is 1. The van der Waals surface area contributed by atoms with Gasteiger partial charge in [0.15, 0.2) is 0 Å².